The summed E-state index contributed by atoms with van der Waals surface area (Å²) in [5, 5.41) is 10.1. The highest BCUT2D eigenvalue weighted by molar-refractivity contribution is 5.12. The predicted octanol–water partition coefficient (Wildman–Crippen LogP) is 1.73. The lowest BCUT2D eigenvalue weighted by molar-refractivity contribution is 0.0342. The molecule has 1 atom stereocenters. The van der Waals surface area contributed by atoms with Crippen molar-refractivity contribution in [1.29, 1.82) is 0 Å². The second-order valence-corrected chi connectivity index (χ2v) is 4.00. The zero-order valence-corrected chi connectivity index (χ0v) is 8.36. The molecular formula is C10H16N2O. The van der Waals surface area contributed by atoms with E-state index in [1.54, 1.807) is 19.3 Å². The normalized spacial score (nSPS) is 15.8. The standard InChI is InChI=1S/C10H16N2O/c1-8(2)4-10(3,13)9-5-11-7-12-6-9/h5-8,13H,4H2,1-3H3. The van der Waals surface area contributed by atoms with Crippen LogP contribution in [0.1, 0.15) is 32.8 Å². The summed E-state index contributed by atoms with van der Waals surface area (Å²) < 4.78 is 0. The first-order chi connectivity index (χ1) is 6.02. The van der Waals surface area contributed by atoms with Gasteiger partial charge in [0.1, 0.15) is 6.33 Å². The van der Waals surface area contributed by atoms with E-state index in [0.29, 0.717) is 5.92 Å². The molecule has 1 N–H and O–H groups in total. The summed E-state index contributed by atoms with van der Waals surface area (Å²) in [5.41, 5.74) is -0.0289. The van der Waals surface area contributed by atoms with Gasteiger partial charge in [-0.05, 0) is 19.3 Å². The predicted molar refractivity (Wildman–Crippen MR) is 51.1 cm³/mol. The minimum Gasteiger partial charge on any atom is -0.385 e. The van der Waals surface area contributed by atoms with Gasteiger partial charge in [0.2, 0.25) is 0 Å². The summed E-state index contributed by atoms with van der Waals surface area (Å²) in [4.78, 5) is 7.77. The van der Waals surface area contributed by atoms with Gasteiger partial charge >= 0.3 is 0 Å². The second kappa shape index (κ2) is 3.83. The number of rotatable bonds is 3. The van der Waals surface area contributed by atoms with Crippen LogP contribution in [-0.2, 0) is 5.60 Å². The number of nitrogens with zero attached hydrogens (tertiary/aromatic N) is 2. The Bertz CT molecular complexity index is 257. The van der Waals surface area contributed by atoms with Crippen LogP contribution in [-0.4, -0.2) is 15.1 Å². The Morgan fingerprint density at radius 2 is 1.92 bits per heavy atom. The van der Waals surface area contributed by atoms with Crippen LogP contribution >= 0.6 is 0 Å². The van der Waals surface area contributed by atoms with E-state index in [9.17, 15) is 5.11 Å². The molecule has 0 radical (unpaired) electrons. The summed E-state index contributed by atoms with van der Waals surface area (Å²) in [6.45, 7) is 5.96. The van der Waals surface area contributed by atoms with Gasteiger partial charge in [0, 0.05) is 18.0 Å². The van der Waals surface area contributed by atoms with Crippen LogP contribution < -0.4 is 0 Å². The monoisotopic (exact) mass is 180 g/mol. The van der Waals surface area contributed by atoms with Crippen LogP contribution in [0, 0.1) is 5.92 Å². The summed E-state index contributed by atoms with van der Waals surface area (Å²) in [7, 11) is 0. The maximum absolute atomic E-state index is 10.1. The van der Waals surface area contributed by atoms with Gasteiger partial charge in [-0.3, -0.25) is 0 Å². The van der Waals surface area contributed by atoms with Crippen molar-refractivity contribution < 1.29 is 5.11 Å². The van der Waals surface area contributed by atoms with E-state index in [1.165, 1.54) is 6.33 Å². The van der Waals surface area contributed by atoms with Crippen LogP contribution in [0.3, 0.4) is 0 Å². The Morgan fingerprint density at radius 1 is 1.38 bits per heavy atom. The number of aromatic nitrogens is 2. The second-order valence-electron chi connectivity index (χ2n) is 4.00. The van der Waals surface area contributed by atoms with Gasteiger partial charge in [-0.25, -0.2) is 9.97 Å². The fourth-order valence-corrected chi connectivity index (χ4v) is 1.49. The van der Waals surface area contributed by atoms with E-state index in [2.05, 4.69) is 23.8 Å². The quantitative estimate of drug-likeness (QED) is 0.770. The third kappa shape index (κ3) is 2.77. The minimum absolute atomic E-state index is 0.454. The summed E-state index contributed by atoms with van der Waals surface area (Å²) in [6, 6.07) is 0. The fourth-order valence-electron chi connectivity index (χ4n) is 1.49. The van der Waals surface area contributed by atoms with Crippen molar-refractivity contribution >= 4 is 0 Å². The van der Waals surface area contributed by atoms with Crippen LogP contribution in [0.2, 0.25) is 0 Å². The summed E-state index contributed by atoms with van der Waals surface area (Å²) in [6.07, 6.45) is 5.51. The zero-order valence-electron chi connectivity index (χ0n) is 8.36. The maximum Gasteiger partial charge on any atom is 0.115 e. The molecule has 0 fully saturated rings. The Hall–Kier alpha value is -0.960. The highest BCUT2D eigenvalue weighted by Crippen LogP contribution is 2.26. The Labute approximate surface area is 78.9 Å². The molecule has 0 aliphatic heterocycles. The maximum atomic E-state index is 10.1. The van der Waals surface area contributed by atoms with Crippen molar-refractivity contribution in [2.45, 2.75) is 32.8 Å². The first-order valence-electron chi connectivity index (χ1n) is 4.50. The topological polar surface area (TPSA) is 46.0 Å². The smallest absolute Gasteiger partial charge is 0.115 e. The van der Waals surface area contributed by atoms with Crippen LogP contribution in [0.4, 0.5) is 0 Å². The molecular weight excluding hydrogens is 164 g/mol. The molecule has 3 heteroatoms. The molecule has 0 spiro atoms. The van der Waals surface area contributed by atoms with Crippen LogP contribution in [0.25, 0.3) is 0 Å². The molecule has 3 nitrogen and oxygen atoms in total. The van der Waals surface area contributed by atoms with Crippen molar-refractivity contribution in [3.8, 4) is 0 Å². The largest absolute Gasteiger partial charge is 0.385 e. The SMILES string of the molecule is CC(C)CC(C)(O)c1cncnc1. The molecule has 1 aromatic rings. The molecule has 1 rings (SSSR count). The van der Waals surface area contributed by atoms with Gasteiger partial charge < -0.3 is 5.11 Å². The molecule has 13 heavy (non-hydrogen) atoms. The number of aliphatic hydroxyl groups is 1. The van der Waals surface area contributed by atoms with Gasteiger partial charge in [-0.2, -0.15) is 0 Å². The van der Waals surface area contributed by atoms with Crippen molar-refractivity contribution in [2.24, 2.45) is 5.92 Å². The average Bonchev–Trinajstić information content (AvgIpc) is 2.04. The summed E-state index contributed by atoms with van der Waals surface area (Å²) >= 11 is 0. The average molecular weight is 180 g/mol. The van der Waals surface area contributed by atoms with E-state index in [-0.39, 0.29) is 0 Å². The molecule has 1 unspecified atom stereocenters. The first kappa shape index (κ1) is 10.1. The highest BCUT2D eigenvalue weighted by atomic mass is 16.3. The lowest BCUT2D eigenvalue weighted by Crippen LogP contribution is -2.23. The minimum atomic E-state index is -0.810. The molecule has 0 amide bonds. The Morgan fingerprint density at radius 3 is 2.38 bits per heavy atom. The van der Waals surface area contributed by atoms with Crippen molar-refractivity contribution in [3.05, 3.63) is 24.3 Å². The third-order valence-corrected chi connectivity index (χ3v) is 1.99. The lowest BCUT2D eigenvalue weighted by atomic mass is 9.89. The Balaban J connectivity index is 2.81. The summed E-state index contributed by atoms with van der Waals surface area (Å²) in [5.74, 6) is 0.454. The molecule has 0 bridgehead atoms. The van der Waals surface area contributed by atoms with E-state index in [1.807, 2.05) is 0 Å². The zero-order chi connectivity index (χ0) is 9.90. The first-order valence-corrected chi connectivity index (χ1v) is 4.50. The number of hydrogen-bond donors (Lipinski definition) is 1. The number of hydrogen-bond acceptors (Lipinski definition) is 3. The van der Waals surface area contributed by atoms with Crippen molar-refractivity contribution in [2.75, 3.05) is 0 Å². The van der Waals surface area contributed by atoms with E-state index >= 15 is 0 Å². The van der Waals surface area contributed by atoms with Gasteiger partial charge in [-0.15, -0.1) is 0 Å². The molecule has 1 heterocycles. The van der Waals surface area contributed by atoms with Crippen LogP contribution in [0.15, 0.2) is 18.7 Å². The third-order valence-electron chi connectivity index (χ3n) is 1.99. The van der Waals surface area contributed by atoms with Crippen molar-refractivity contribution in [3.63, 3.8) is 0 Å². The lowest BCUT2D eigenvalue weighted by Gasteiger charge is -2.24. The van der Waals surface area contributed by atoms with Gasteiger partial charge in [0.05, 0.1) is 5.60 Å². The van der Waals surface area contributed by atoms with Gasteiger partial charge in [0.25, 0.3) is 0 Å². The molecule has 0 saturated carbocycles. The van der Waals surface area contributed by atoms with Crippen molar-refractivity contribution in [1.82, 2.24) is 9.97 Å². The molecule has 0 aromatic carbocycles. The van der Waals surface area contributed by atoms with E-state index in [0.717, 1.165) is 12.0 Å². The fraction of sp³-hybridized carbons (Fsp3) is 0.600. The Kier molecular flexibility index (Phi) is 2.98. The molecule has 0 aliphatic carbocycles. The molecule has 72 valence electrons. The van der Waals surface area contributed by atoms with Gasteiger partial charge in [0.15, 0.2) is 0 Å². The molecule has 1 aromatic heterocycles. The van der Waals surface area contributed by atoms with E-state index < -0.39 is 5.60 Å². The molecule has 0 saturated heterocycles. The molecule has 0 aliphatic rings. The van der Waals surface area contributed by atoms with E-state index in [4.69, 9.17) is 0 Å². The highest BCUT2D eigenvalue weighted by Gasteiger charge is 2.24. The van der Waals surface area contributed by atoms with Gasteiger partial charge in [-0.1, -0.05) is 13.8 Å². The van der Waals surface area contributed by atoms with Crippen LogP contribution in [0.5, 0.6) is 0 Å².